The average molecular weight is 921 g/mol. The summed E-state index contributed by atoms with van der Waals surface area (Å²) in [4.78, 5) is 5.46. The van der Waals surface area contributed by atoms with E-state index in [1.54, 1.807) is 0 Å². The molecule has 2 N–H and O–H groups in total. The SMILES string of the molecule is CC1(C)c2ccc(-c3ccc(-c4ccc(/C(N)=C/C(=NCc5ccccc5)c5cccc6c5-c5ccccc5C6(c5ccccc5)c5ccccc5)c5ccccc45)cc3)cc2-c2cc3ccccc3cc21. The number of benzene rings is 11. The van der Waals surface area contributed by atoms with Crippen molar-refractivity contribution >= 4 is 33.0 Å². The first-order valence-electron chi connectivity index (χ1n) is 25.1. The first-order valence-corrected chi connectivity index (χ1v) is 25.1. The lowest BCUT2D eigenvalue weighted by molar-refractivity contribution is 0.661. The Hall–Kier alpha value is -8.85. The monoisotopic (exact) mass is 920 g/mol. The Morgan fingerprint density at radius 3 is 1.74 bits per heavy atom. The van der Waals surface area contributed by atoms with Gasteiger partial charge in [-0.3, -0.25) is 4.99 Å². The van der Waals surface area contributed by atoms with Crippen LogP contribution in [0.3, 0.4) is 0 Å². The second kappa shape index (κ2) is 17.2. The van der Waals surface area contributed by atoms with Gasteiger partial charge in [-0.1, -0.05) is 244 Å². The van der Waals surface area contributed by atoms with Crippen molar-refractivity contribution < 1.29 is 0 Å². The molecular formula is C70H52N2. The van der Waals surface area contributed by atoms with Gasteiger partial charge >= 0.3 is 0 Å². The van der Waals surface area contributed by atoms with Gasteiger partial charge in [0.15, 0.2) is 0 Å². The number of hydrogen-bond acceptors (Lipinski definition) is 2. The van der Waals surface area contributed by atoms with Gasteiger partial charge in [0, 0.05) is 22.2 Å². The van der Waals surface area contributed by atoms with E-state index >= 15 is 0 Å². The fourth-order valence-corrected chi connectivity index (χ4v) is 12.2. The third kappa shape index (κ3) is 6.89. The van der Waals surface area contributed by atoms with Gasteiger partial charge in [0.05, 0.1) is 17.7 Å². The summed E-state index contributed by atoms with van der Waals surface area (Å²) in [6.07, 6.45) is 2.11. The van der Waals surface area contributed by atoms with Crippen LogP contribution in [0.25, 0.3) is 71.7 Å². The number of rotatable bonds is 9. The van der Waals surface area contributed by atoms with E-state index in [0.29, 0.717) is 12.2 Å². The molecule has 0 unspecified atom stereocenters. The molecule has 11 aromatic rings. The van der Waals surface area contributed by atoms with Crippen LogP contribution in [0.2, 0.25) is 0 Å². The summed E-state index contributed by atoms with van der Waals surface area (Å²) in [7, 11) is 0. The zero-order valence-electron chi connectivity index (χ0n) is 40.5. The van der Waals surface area contributed by atoms with E-state index in [-0.39, 0.29) is 5.41 Å². The lowest BCUT2D eigenvalue weighted by Gasteiger charge is -2.34. The zero-order chi connectivity index (χ0) is 48.4. The second-order valence-electron chi connectivity index (χ2n) is 20.0. The van der Waals surface area contributed by atoms with Crippen LogP contribution in [0.1, 0.15) is 63.9 Å². The Labute approximate surface area is 422 Å². The molecule has 0 atom stereocenters. The van der Waals surface area contributed by atoms with E-state index in [0.717, 1.165) is 38.7 Å². The molecule has 0 fully saturated rings. The molecule has 0 radical (unpaired) electrons. The van der Waals surface area contributed by atoms with Crippen LogP contribution in [0.4, 0.5) is 0 Å². The lowest BCUT2D eigenvalue weighted by atomic mass is 9.67. The number of allylic oxidation sites excluding steroid dienone is 1. The number of nitrogens with two attached hydrogens (primary N) is 1. The van der Waals surface area contributed by atoms with Crippen LogP contribution in [0.5, 0.6) is 0 Å². The predicted molar refractivity (Wildman–Crippen MR) is 302 cm³/mol. The Morgan fingerprint density at radius 1 is 0.417 bits per heavy atom. The first kappa shape index (κ1) is 43.2. The van der Waals surface area contributed by atoms with Gasteiger partial charge in [0.25, 0.3) is 0 Å². The smallest absolute Gasteiger partial charge is 0.0713 e. The molecule has 2 heteroatoms. The van der Waals surface area contributed by atoms with Crippen LogP contribution in [0.15, 0.2) is 260 Å². The fourth-order valence-electron chi connectivity index (χ4n) is 12.2. The van der Waals surface area contributed by atoms with Gasteiger partial charge in [-0.05, 0) is 129 Å². The summed E-state index contributed by atoms with van der Waals surface area (Å²) < 4.78 is 0. The largest absolute Gasteiger partial charge is 0.398 e. The summed E-state index contributed by atoms with van der Waals surface area (Å²) in [5.74, 6) is 0. The normalized spacial score (nSPS) is 14.2. The van der Waals surface area contributed by atoms with E-state index in [9.17, 15) is 0 Å². The minimum absolute atomic E-state index is 0.0641. The second-order valence-corrected chi connectivity index (χ2v) is 20.0. The highest BCUT2D eigenvalue weighted by Gasteiger charge is 2.47. The maximum absolute atomic E-state index is 7.41. The predicted octanol–water partition coefficient (Wildman–Crippen LogP) is 17.0. The molecule has 2 aliphatic rings. The Morgan fingerprint density at radius 2 is 1.00 bits per heavy atom. The van der Waals surface area contributed by atoms with Crippen LogP contribution < -0.4 is 5.73 Å². The molecule has 72 heavy (non-hydrogen) atoms. The minimum atomic E-state index is -0.533. The maximum atomic E-state index is 7.41. The molecule has 342 valence electrons. The van der Waals surface area contributed by atoms with Crippen molar-refractivity contribution in [3.63, 3.8) is 0 Å². The molecule has 2 aliphatic carbocycles. The molecule has 0 saturated carbocycles. The van der Waals surface area contributed by atoms with Crippen LogP contribution in [-0.2, 0) is 17.4 Å². The van der Waals surface area contributed by atoms with E-state index in [2.05, 4.69) is 269 Å². The average Bonchev–Trinajstić information content (AvgIpc) is 3.86. The third-order valence-electron chi connectivity index (χ3n) is 15.6. The van der Waals surface area contributed by atoms with Crippen molar-refractivity contribution in [2.24, 2.45) is 10.7 Å². The van der Waals surface area contributed by atoms with Crippen molar-refractivity contribution in [1.29, 1.82) is 0 Å². The number of fused-ring (bicyclic) bond motifs is 8. The number of aliphatic imine (C=N–C) groups is 1. The van der Waals surface area contributed by atoms with Crippen molar-refractivity contribution in [1.82, 2.24) is 0 Å². The minimum Gasteiger partial charge on any atom is -0.398 e. The summed E-state index contributed by atoms with van der Waals surface area (Å²) in [5.41, 5.74) is 29.0. The van der Waals surface area contributed by atoms with Gasteiger partial charge in [-0.15, -0.1) is 0 Å². The molecule has 0 heterocycles. The highest BCUT2D eigenvalue weighted by Crippen LogP contribution is 2.57. The number of nitrogens with zero attached hydrogens (tertiary/aromatic N) is 1. The quantitative estimate of drug-likeness (QED) is 0.144. The van der Waals surface area contributed by atoms with Crippen molar-refractivity contribution in [3.8, 4) is 44.5 Å². The van der Waals surface area contributed by atoms with Gasteiger partial charge in [0.1, 0.15) is 0 Å². The summed E-state index contributed by atoms with van der Waals surface area (Å²) in [5, 5.41) is 4.82. The van der Waals surface area contributed by atoms with Crippen LogP contribution >= 0.6 is 0 Å². The standard InChI is InChI=1S/C70H52N2/c1-69(2)62-40-37-51(42-60(62)61-41-49-21-12-13-22-50(49)43-65(61)69)47-33-35-48(36-34-47)54-38-39-57(56-28-15-14-27-55(54)56)66(71)44-67(72-45-46-19-6-3-7-20-46)59-30-18-32-64-68(59)58-29-16-17-31-63(58)70(64,52-23-8-4-9-24-52)53-25-10-5-11-26-53/h3-44H,45,71H2,1-2H3/b66-44-,72-67?. The molecule has 13 rings (SSSR count). The maximum Gasteiger partial charge on any atom is 0.0713 e. The summed E-state index contributed by atoms with van der Waals surface area (Å²) in [6, 6.07) is 90.7. The molecule has 2 nitrogen and oxygen atoms in total. The summed E-state index contributed by atoms with van der Waals surface area (Å²) in [6.45, 7) is 5.22. The number of hydrogen-bond donors (Lipinski definition) is 1. The highest BCUT2D eigenvalue weighted by atomic mass is 14.7. The molecular weight excluding hydrogens is 869 g/mol. The Bertz CT molecular complexity index is 3920. The molecule has 11 aromatic carbocycles. The Kier molecular flexibility index (Phi) is 10.3. The van der Waals surface area contributed by atoms with Gasteiger partial charge < -0.3 is 5.73 Å². The van der Waals surface area contributed by atoms with Crippen molar-refractivity contribution in [2.45, 2.75) is 31.2 Å². The topological polar surface area (TPSA) is 38.4 Å². The van der Waals surface area contributed by atoms with E-state index < -0.39 is 5.41 Å². The zero-order valence-corrected chi connectivity index (χ0v) is 40.5. The van der Waals surface area contributed by atoms with E-state index in [1.807, 2.05) is 0 Å². The molecule has 0 amide bonds. The van der Waals surface area contributed by atoms with Gasteiger partial charge in [-0.25, -0.2) is 0 Å². The molecule has 0 aromatic heterocycles. The van der Waals surface area contributed by atoms with Crippen molar-refractivity contribution in [3.05, 3.63) is 305 Å². The van der Waals surface area contributed by atoms with Crippen LogP contribution in [-0.4, -0.2) is 5.71 Å². The van der Waals surface area contributed by atoms with Crippen molar-refractivity contribution in [2.75, 3.05) is 0 Å². The molecule has 0 aliphatic heterocycles. The fraction of sp³-hybridized carbons (Fsp3) is 0.0714. The summed E-state index contributed by atoms with van der Waals surface area (Å²) >= 11 is 0. The molecule has 0 saturated heterocycles. The first-order chi connectivity index (χ1) is 35.4. The van der Waals surface area contributed by atoms with E-state index in [4.69, 9.17) is 10.7 Å². The molecule has 0 bridgehead atoms. The Balaban J connectivity index is 0.899. The third-order valence-corrected chi connectivity index (χ3v) is 15.6. The molecule has 0 spiro atoms. The lowest BCUT2D eigenvalue weighted by Crippen LogP contribution is -2.28. The van der Waals surface area contributed by atoms with Gasteiger partial charge in [-0.2, -0.15) is 0 Å². The van der Waals surface area contributed by atoms with Crippen LogP contribution in [0, 0.1) is 0 Å². The van der Waals surface area contributed by atoms with E-state index in [1.165, 1.54) is 83.1 Å². The van der Waals surface area contributed by atoms with Gasteiger partial charge in [0.2, 0.25) is 0 Å². The highest BCUT2D eigenvalue weighted by molar-refractivity contribution is 6.18.